The average Bonchev–Trinajstić information content (AvgIpc) is 2.79. The van der Waals surface area contributed by atoms with E-state index in [1.165, 1.54) is 0 Å². The number of unbranched alkanes of at least 4 members (excludes halogenated alkanes) is 1. The molecule has 3 nitrogen and oxygen atoms in total. The number of hydrogen-bond acceptors (Lipinski definition) is 2. The second kappa shape index (κ2) is 6.15. The number of nitrogens with one attached hydrogen (secondary N) is 1. The topological polar surface area (TPSA) is 45.8 Å². The third-order valence-electron chi connectivity index (χ3n) is 3.07. The van der Waals surface area contributed by atoms with Gasteiger partial charge in [0.05, 0.1) is 0 Å². The van der Waals surface area contributed by atoms with Crippen LogP contribution in [-0.2, 0) is 0 Å². The minimum absolute atomic E-state index is 0.0414. The van der Waals surface area contributed by atoms with Crippen LogP contribution in [0.2, 0.25) is 0 Å². The highest BCUT2D eigenvalue weighted by atomic mass is 79.9. The zero-order valence-corrected chi connectivity index (χ0v) is 12.8. The maximum atomic E-state index is 12.3. The first kappa shape index (κ1) is 14.0. The monoisotopic (exact) mass is 320 g/mol. The first-order valence-electron chi connectivity index (χ1n) is 6.46. The summed E-state index contributed by atoms with van der Waals surface area (Å²) in [6.07, 6.45) is 8.43. The van der Waals surface area contributed by atoms with Gasteiger partial charge in [0.15, 0.2) is 5.78 Å². The van der Waals surface area contributed by atoms with Crippen LogP contribution in [0.25, 0.3) is 11.0 Å². The van der Waals surface area contributed by atoms with Crippen LogP contribution in [0.3, 0.4) is 0 Å². The van der Waals surface area contributed by atoms with Gasteiger partial charge in [-0.1, -0.05) is 18.9 Å². The Balaban J connectivity index is 2.29. The van der Waals surface area contributed by atoms with Crippen molar-refractivity contribution in [1.29, 1.82) is 0 Å². The number of pyridine rings is 1. The van der Waals surface area contributed by atoms with Gasteiger partial charge in [-0.3, -0.25) is 4.79 Å². The quantitative estimate of drug-likeness (QED) is 0.644. The predicted molar refractivity (Wildman–Crippen MR) is 81.4 cm³/mol. The summed E-state index contributed by atoms with van der Waals surface area (Å²) in [6.45, 7) is 4.16. The van der Waals surface area contributed by atoms with Crippen LogP contribution in [0.1, 0.15) is 43.5 Å². The Kier molecular flexibility index (Phi) is 4.53. The number of halogens is 1. The number of rotatable bonds is 5. The van der Waals surface area contributed by atoms with Gasteiger partial charge in [0.2, 0.25) is 0 Å². The minimum Gasteiger partial charge on any atom is -0.345 e. The SMILES string of the molecule is CCCC/C(C)=C\C(=O)c1c[nH]c2ncc(Br)cc12. The van der Waals surface area contributed by atoms with E-state index in [0.717, 1.165) is 40.3 Å². The molecule has 0 fully saturated rings. The Labute approximate surface area is 121 Å². The van der Waals surface area contributed by atoms with Gasteiger partial charge in [-0.2, -0.15) is 0 Å². The summed E-state index contributed by atoms with van der Waals surface area (Å²) in [6, 6.07) is 1.92. The van der Waals surface area contributed by atoms with E-state index < -0.39 is 0 Å². The molecule has 0 atom stereocenters. The van der Waals surface area contributed by atoms with Gasteiger partial charge < -0.3 is 4.98 Å². The number of carbonyl (C=O) groups is 1. The van der Waals surface area contributed by atoms with Crippen LogP contribution in [0.15, 0.2) is 34.6 Å². The highest BCUT2D eigenvalue weighted by Gasteiger charge is 2.11. The van der Waals surface area contributed by atoms with Crippen LogP contribution in [-0.4, -0.2) is 15.8 Å². The molecule has 2 heterocycles. The van der Waals surface area contributed by atoms with Crippen molar-refractivity contribution in [3.63, 3.8) is 0 Å². The summed E-state index contributed by atoms with van der Waals surface area (Å²) in [5, 5.41) is 0.860. The smallest absolute Gasteiger partial charge is 0.187 e. The van der Waals surface area contributed by atoms with Crippen LogP contribution in [0.5, 0.6) is 0 Å². The molecule has 1 N–H and O–H groups in total. The van der Waals surface area contributed by atoms with E-state index in [9.17, 15) is 4.79 Å². The van der Waals surface area contributed by atoms with E-state index in [-0.39, 0.29) is 5.78 Å². The molecular weight excluding hydrogens is 304 g/mol. The molecule has 4 heteroatoms. The van der Waals surface area contributed by atoms with Crippen molar-refractivity contribution in [3.05, 3.63) is 40.1 Å². The minimum atomic E-state index is 0.0414. The Hall–Kier alpha value is -1.42. The Morgan fingerprint density at radius 2 is 2.32 bits per heavy atom. The van der Waals surface area contributed by atoms with E-state index in [1.807, 2.05) is 13.0 Å². The first-order valence-corrected chi connectivity index (χ1v) is 7.25. The molecule has 0 aliphatic rings. The normalized spacial score (nSPS) is 12.1. The molecule has 0 saturated heterocycles. The molecule has 0 bridgehead atoms. The molecule has 0 saturated carbocycles. The first-order chi connectivity index (χ1) is 9.11. The van der Waals surface area contributed by atoms with E-state index in [0.29, 0.717) is 5.56 Å². The van der Waals surface area contributed by atoms with Gasteiger partial charge in [0, 0.05) is 27.8 Å². The molecule has 2 aromatic rings. The molecular formula is C15H17BrN2O. The lowest BCUT2D eigenvalue weighted by molar-refractivity contribution is 0.104. The van der Waals surface area contributed by atoms with Crippen LogP contribution in [0.4, 0.5) is 0 Å². The van der Waals surface area contributed by atoms with Crippen molar-refractivity contribution in [2.75, 3.05) is 0 Å². The number of nitrogens with zero attached hydrogens (tertiary/aromatic N) is 1. The van der Waals surface area contributed by atoms with Crippen molar-refractivity contribution in [2.24, 2.45) is 0 Å². The molecule has 2 rings (SSSR count). The number of fused-ring (bicyclic) bond motifs is 1. The van der Waals surface area contributed by atoms with Gasteiger partial charge in [0.25, 0.3) is 0 Å². The van der Waals surface area contributed by atoms with Crippen molar-refractivity contribution < 1.29 is 4.79 Å². The number of hydrogen-bond donors (Lipinski definition) is 1. The molecule has 0 radical (unpaired) electrons. The Bertz CT molecular complexity index is 628. The fourth-order valence-electron chi connectivity index (χ4n) is 2.01. The lowest BCUT2D eigenvalue weighted by Crippen LogP contribution is -1.95. The van der Waals surface area contributed by atoms with Gasteiger partial charge in [-0.25, -0.2) is 4.98 Å². The largest absolute Gasteiger partial charge is 0.345 e. The van der Waals surface area contributed by atoms with Gasteiger partial charge in [-0.15, -0.1) is 0 Å². The Morgan fingerprint density at radius 3 is 3.05 bits per heavy atom. The second-order valence-corrected chi connectivity index (χ2v) is 5.63. The molecule has 100 valence electrons. The number of allylic oxidation sites excluding steroid dienone is 2. The van der Waals surface area contributed by atoms with Gasteiger partial charge in [0.1, 0.15) is 5.65 Å². The van der Waals surface area contributed by atoms with Crippen molar-refractivity contribution in [3.8, 4) is 0 Å². The summed E-state index contributed by atoms with van der Waals surface area (Å²) in [5.74, 6) is 0.0414. The lowest BCUT2D eigenvalue weighted by atomic mass is 10.1. The number of ketones is 1. The molecule has 0 aliphatic heterocycles. The maximum Gasteiger partial charge on any atom is 0.187 e. The molecule has 2 aromatic heterocycles. The highest BCUT2D eigenvalue weighted by molar-refractivity contribution is 9.10. The molecule has 0 aromatic carbocycles. The van der Waals surface area contributed by atoms with Crippen molar-refractivity contribution >= 4 is 32.7 Å². The van der Waals surface area contributed by atoms with E-state index in [2.05, 4.69) is 32.8 Å². The van der Waals surface area contributed by atoms with Crippen LogP contribution in [0, 0.1) is 0 Å². The fourth-order valence-corrected chi connectivity index (χ4v) is 2.34. The summed E-state index contributed by atoms with van der Waals surface area (Å²) in [4.78, 5) is 19.5. The summed E-state index contributed by atoms with van der Waals surface area (Å²) >= 11 is 3.38. The Morgan fingerprint density at radius 1 is 1.53 bits per heavy atom. The number of H-pyrrole nitrogens is 1. The third kappa shape index (κ3) is 3.32. The average molecular weight is 321 g/mol. The molecule has 0 unspecified atom stereocenters. The number of aromatic nitrogens is 2. The number of carbonyl (C=O) groups excluding carboxylic acids is 1. The summed E-state index contributed by atoms with van der Waals surface area (Å²) in [5.41, 5.74) is 2.55. The lowest BCUT2D eigenvalue weighted by Gasteiger charge is -1.99. The fraction of sp³-hybridized carbons (Fsp3) is 0.333. The van der Waals surface area contributed by atoms with Crippen LogP contribution >= 0.6 is 15.9 Å². The van der Waals surface area contributed by atoms with E-state index in [4.69, 9.17) is 0 Å². The summed E-state index contributed by atoms with van der Waals surface area (Å²) < 4.78 is 0.875. The molecule has 0 spiro atoms. The van der Waals surface area contributed by atoms with Gasteiger partial charge >= 0.3 is 0 Å². The second-order valence-electron chi connectivity index (χ2n) is 4.71. The maximum absolute atomic E-state index is 12.3. The molecule has 0 aliphatic carbocycles. The van der Waals surface area contributed by atoms with E-state index in [1.54, 1.807) is 18.5 Å². The zero-order valence-electron chi connectivity index (χ0n) is 11.2. The molecule has 0 amide bonds. The summed E-state index contributed by atoms with van der Waals surface area (Å²) in [7, 11) is 0. The number of aromatic amines is 1. The third-order valence-corrected chi connectivity index (χ3v) is 3.50. The van der Waals surface area contributed by atoms with Crippen molar-refractivity contribution in [1.82, 2.24) is 9.97 Å². The van der Waals surface area contributed by atoms with E-state index >= 15 is 0 Å². The standard InChI is InChI=1S/C15H17BrN2O/c1-3-4-5-10(2)6-14(19)13-9-18-15-12(13)7-11(16)8-17-15/h6-9H,3-5H2,1-2H3,(H,17,18)/b10-6-. The highest BCUT2D eigenvalue weighted by Crippen LogP contribution is 2.21. The van der Waals surface area contributed by atoms with Gasteiger partial charge in [-0.05, 0) is 47.8 Å². The van der Waals surface area contributed by atoms with Crippen molar-refractivity contribution in [2.45, 2.75) is 33.1 Å². The van der Waals surface area contributed by atoms with Crippen LogP contribution < -0.4 is 0 Å². The zero-order chi connectivity index (χ0) is 13.8. The molecule has 19 heavy (non-hydrogen) atoms. The predicted octanol–water partition coefficient (Wildman–Crippen LogP) is 4.64.